The van der Waals surface area contributed by atoms with Crippen molar-refractivity contribution < 1.29 is 13.6 Å². The summed E-state index contributed by atoms with van der Waals surface area (Å²) in [6.45, 7) is 1.96. The maximum atomic E-state index is 14.3. The number of halogens is 2. The summed E-state index contributed by atoms with van der Waals surface area (Å²) in [6.07, 6.45) is 3.23. The molecule has 1 aliphatic rings. The van der Waals surface area contributed by atoms with Gasteiger partial charge in [0, 0.05) is 24.3 Å². The van der Waals surface area contributed by atoms with Crippen LogP contribution in [0.4, 0.5) is 8.78 Å². The summed E-state index contributed by atoms with van der Waals surface area (Å²) in [5.74, 6) is -1.52. The molecule has 1 fully saturated rings. The van der Waals surface area contributed by atoms with Gasteiger partial charge in [0.05, 0.1) is 0 Å². The fourth-order valence-corrected chi connectivity index (χ4v) is 2.34. The van der Waals surface area contributed by atoms with E-state index in [-0.39, 0.29) is 11.2 Å². The van der Waals surface area contributed by atoms with Gasteiger partial charge < -0.3 is 4.90 Å². The molecule has 1 aromatic carbocycles. The normalized spacial score (nSPS) is 15.5. The Balaban J connectivity index is 1.91. The molecule has 5 heteroatoms. The van der Waals surface area contributed by atoms with Crippen molar-refractivity contribution in [1.82, 2.24) is 9.88 Å². The van der Waals surface area contributed by atoms with Crippen molar-refractivity contribution >= 4 is 5.91 Å². The van der Waals surface area contributed by atoms with Crippen LogP contribution < -0.4 is 0 Å². The van der Waals surface area contributed by atoms with E-state index in [0.717, 1.165) is 12.8 Å². The average molecular weight is 302 g/mol. The average Bonchev–Trinajstić information content (AvgIpc) is 3.25. The van der Waals surface area contributed by atoms with Gasteiger partial charge in [-0.3, -0.25) is 4.79 Å². The van der Waals surface area contributed by atoms with Crippen molar-refractivity contribution in [2.45, 2.75) is 25.3 Å². The Hall–Kier alpha value is -2.30. The predicted octanol–water partition coefficient (Wildman–Crippen LogP) is 3.65. The van der Waals surface area contributed by atoms with Crippen molar-refractivity contribution in [3.63, 3.8) is 0 Å². The second kappa shape index (κ2) is 5.16. The number of nitrogens with zero attached hydrogens (tertiary/aromatic N) is 2. The molecule has 3 rings (SSSR count). The number of hydrogen-bond acceptors (Lipinski definition) is 2. The Morgan fingerprint density at radius 1 is 1.23 bits per heavy atom. The standard InChI is InChI=1S/C17H16F2N2O/c1-17(6-7-17)21(2)16(22)15-14(19)9-12(10-20-15)11-4-3-5-13(18)8-11/h3-5,8-10H,6-7H2,1-2H3. The van der Waals surface area contributed by atoms with Crippen molar-refractivity contribution in [2.24, 2.45) is 0 Å². The topological polar surface area (TPSA) is 33.2 Å². The molecule has 114 valence electrons. The van der Waals surface area contributed by atoms with Gasteiger partial charge in [-0.1, -0.05) is 12.1 Å². The van der Waals surface area contributed by atoms with Crippen LogP contribution in [0.25, 0.3) is 11.1 Å². The van der Waals surface area contributed by atoms with Crippen LogP contribution in [0.5, 0.6) is 0 Å². The first kappa shape index (κ1) is 14.6. The summed E-state index contributed by atoms with van der Waals surface area (Å²) >= 11 is 0. The quantitative estimate of drug-likeness (QED) is 0.867. The molecular formula is C17H16F2N2O. The lowest BCUT2D eigenvalue weighted by atomic mass is 10.1. The van der Waals surface area contributed by atoms with E-state index < -0.39 is 17.5 Å². The van der Waals surface area contributed by atoms with E-state index >= 15 is 0 Å². The summed E-state index contributed by atoms with van der Waals surface area (Å²) in [6, 6.07) is 7.05. The Labute approximate surface area is 127 Å². The monoisotopic (exact) mass is 302 g/mol. The second-order valence-corrected chi connectivity index (χ2v) is 5.93. The predicted molar refractivity (Wildman–Crippen MR) is 79.3 cm³/mol. The van der Waals surface area contributed by atoms with Crippen LogP contribution in [0.1, 0.15) is 30.3 Å². The molecule has 0 unspecified atom stereocenters. The Morgan fingerprint density at radius 2 is 1.95 bits per heavy atom. The SMILES string of the molecule is CN(C(=O)c1ncc(-c2cccc(F)c2)cc1F)C1(C)CC1. The zero-order valence-corrected chi connectivity index (χ0v) is 12.4. The van der Waals surface area contributed by atoms with Crippen molar-refractivity contribution in [3.05, 3.63) is 53.9 Å². The van der Waals surface area contributed by atoms with E-state index in [2.05, 4.69) is 4.98 Å². The van der Waals surface area contributed by atoms with Crippen LogP contribution in [0.15, 0.2) is 36.5 Å². The molecule has 0 spiro atoms. The minimum absolute atomic E-state index is 0.188. The zero-order chi connectivity index (χ0) is 15.9. The fourth-order valence-electron chi connectivity index (χ4n) is 2.34. The van der Waals surface area contributed by atoms with Gasteiger partial charge in [0.2, 0.25) is 0 Å². The van der Waals surface area contributed by atoms with E-state index in [1.165, 1.54) is 24.4 Å². The van der Waals surface area contributed by atoms with Crippen molar-refractivity contribution in [2.75, 3.05) is 7.05 Å². The highest BCUT2D eigenvalue weighted by Crippen LogP contribution is 2.40. The van der Waals surface area contributed by atoms with Crippen molar-refractivity contribution in [1.29, 1.82) is 0 Å². The minimum Gasteiger partial charge on any atom is -0.335 e. The first-order valence-electron chi connectivity index (χ1n) is 7.10. The third kappa shape index (κ3) is 2.58. The maximum Gasteiger partial charge on any atom is 0.275 e. The minimum atomic E-state index is -0.692. The van der Waals surface area contributed by atoms with Crippen LogP contribution in [-0.4, -0.2) is 28.4 Å². The van der Waals surface area contributed by atoms with Gasteiger partial charge in [-0.25, -0.2) is 13.8 Å². The molecule has 1 amide bonds. The third-order valence-corrected chi connectivity index (χ3v) is 4.29. The number of aromatic nitrogens is 1. The molecule has 0 N–H and O–H groups in total. The molecule has 1 heterocycles. The smallest absolute Gasteiger partial charge is 0.275 e. The van der Waals surface area contributed by atoms with E-state index in [0.29, 0.717) is 11.1 Å². The number of hydrogen-bond donors (Lipinski definition) is 0. The number of carbonyl (C=O) groups excluding carboxylic acids is 1. The van der Waals surface area contributed by atoms with E-state index in [1.54, 1.807) is 24.1 Å². The van der Waals surface area contributed by atoms with E-state index in [4.69, 9.17) is 0 Å². The molecule has 1 aliphatic carbocycles. The van der Waals surface area contributed by atoms with Gasteiger partial charge in [-0.05, 0) is 43.5 Å². The van der Waals surface area contributed by atoms with Crippen LogP contribution in [0, 0.1) is 11.6 Å². The molecule has 3 nitrogen and oxygen atoms in total. The third-order valence-electron chi connectivity index (χ3n) is 4.29. The van der Waals surface area contributed by atoms with Gasteiger partial charge in [0.25, 0.3) is 5.91 Å². The van der Waals surface area contributed by atoms with Crippen LogP contribution >= 0.6 is 0 Å². The van der Waals surface area contributed by atoms with Crippen molar-refractivity contribution in [3.8, 4) is 11.1 Å². The first-order valence-corrected chi connectivity index (χ1v) is 7.10. The van der Waals surface area contributed by atoms with Gasteiger partial charge >= 0.3 is 0 Å². The van der Waals surface area contributed by atoms with E-state index in [1.807, 2.05) is 6.92 Å². The molecule has 1 aromatic heterocycles. The number of benzene rings is 1. The molecule has 0 bridgehead atoms. The molecule has 0 atom stereocenters. The molecule has 0 aliphatic heterocycles. The zero-order valence-electron chi connectivity index (χ0n) is 12.4. The summed E-state index contributed by atoms with van der Waals surface area (Å²) in [5.41, 5.74) is 0.574. The van der Waals surface area contributed by atoms with Crippen LogP contribution in [0.3, 0.4) is 0 Å². The number of pyridine rings is 1. The lowest BCUT2D eigenvalue weighted by Crippen LogP contribution is -2.37. The Morgan fingerprint density at radius 3 is 2.55 bits per heavy atom. The largest absolute Gasteiger partial charge is 0.335 e. The lowest BCUT2D eigenvalue weighted by molar-refractivity contribution is 0.0712. The lowest BCUT2D eigenvalue weighted by Gasteiger charge is -2.24. The molecule has 0 saturated heterocycles. The van der Waals surface area contributed by atoms with Gasteiger partial charge in [-0.2, -0.15) is 0 Å². The first-order chi connectivity index (χ1) is 10.4. The maximum absolute atomic E-state index is 14.3. The second-order valence-electron chi connectivity index (χ2n) is 5.93. The molecule has 1 saturated carbocycles. The number of rotatable bonds is 3. The fraction of sp³-hybridized carbons (Fsp3) is 0.294. The van der Waals surface area contributed by atoms with Gasteiger partial charge in [-0.15, -0.1) is 0 Å². The molecule has 2 aromatic rings. The summed E-state index contributed by atoms with van der Waals surface area (Å²) < 4.78 is 27.5. The summed E-state index contributed by atoms with van der Waals surface area (Å²) in [4.78, 5) is 17.8. The molecule has 0 radical (unpaired) electrons. The summed E-state index contributed by atoms with van der Waals surface area (Å²) in [5, 5.41) is 0. The number of carbonyl (C=O) groups is 1. The highest BCUT2D eigenvalue weighted by atomic mass is 19.1. The van der Waals surface area contributed by atoms with Crippen LogP contribution in [0.2, 0.25) is 0 Å². The highest BCUT2D eigenvalue weighted by molar-refractivity contribution is 5.93. The highest BCUT2D eigenvalue weighted by Gasteiger charge is 2.44. The summed E-state index contributed by atoms with van der Waals surface area (Å²) in [7, 11) is 1.66. The van der Waals surface area contributed by atoms with E-state index in [9.17, 15) is 13.6 Å². The Bertz CT molecular complexity index is 741. The van der Waals surface area contributed by atoms with Gasteiger partial charge in [0.15, 0.2) is 11.5 Å². The number of amides is 1. The molecule has 22 heavy (non-hydrogen) atoms. The van der Waals surface area contributed by atoms with Crippen LogP contribution in [-0.2, 0) is 0 Å². The van der Waals surface area contributed by atoms with Gasteiger partial charge in [0.1, 0.15) is 5.82 Å². The Kier molecular flexibility index (Phi) is 3.43. The molecular weight excluding hydrogens is 286 g/mol.